The van der Waals surface area contributed by atoms with Crippen LogP contribution in [0.3, 0.4) is 0 Å². The minimum atomic E-state index is -0.245. The van der Waals surface area contributed by atoms with Crippen LogP contribution >= 0.6 is 0 Å². The number of hydrogen-bond donors (Lipinski definition) is 3. The van der Waals surface area contributed by atoms with Gasteiger partial charge in [0.25, 0.3) is 0 Å². The summed E-state index contributed by atoms with van der Waals surface area (Å²) in [6.07, 6.45) is 12.6. The Morgan fingerprint density at radius 3 is 2.69 bits per heavy atom. The monoisotopic (exact) mass is 487 g/mol. The van der Waals surface area contributed by atoms with E-state index in [1.807, 2.05) is 30.3 Å². The Morgan fingerprint density at radius 1 is 1.19 bits per heavy atom. The third kappa shape index (κ3) is 5.60. The lowest BCUT2D eigenvalue weighted by Crippen LogP contribution is -2.36. The number of benzene rings is 1. The molecule has 190 valence electrons. The predicted octanol–water partition coefficient (Wildman–Crippen LogP) is 3.48. The zero-order chi connectivity index (χ0) is 25.1. The van der Waals surface area contributed by atoms with Gasteiger partial charge in [-0.05, 0) is 77.5 Å². The van der Waals surface area contributed by atoms with E-state index in [1.165, 1.54) is 12.1 Å². The van der Waals surface area contributed by atoms with Gasteiger partial charge in [0.2, 0.25) is 11.9 Å². The summed E-state index contributed by atoms with van der Waals surface area (Å²) < 4.78 is 0. The zero-order valence-corrected chi connectivity index (χ0v) is 21.5. The fraction of sp³-hybridized carbons (Fsp3) is 0.464. The molecule has 0 bridgehead atoms. The largest absolute Gasteiger partial charge is 0.370 e. The third-order valence-electron chi connectivity index (χ3n) is 7.49. The van der Waals surface area contributed by atoms with Crippen LogP contribution in [0.25, 0.3) is 11.3 Å². The maximum absolute atomic E-state index is 12.4. The molecule has 2 aromatic rings. The molecule has 1 aliphatic carbocycles. The average molecular weight is 488 g/mol. The van der Waals surface area contributed by atoms with Crippen molar-refractivity contribution >= 4 is 17.5 Å². The van der Waals surface area contributed by atoms with Gasteiger partial charge >= 0.3 is 0 Å². The van der Waals surface area contributed by atoms with Gasteiger partial charge in [0.1, 0.15) is 0 Å². The van der Waals surface area contributed by atoms with Crippen LogP contribution in [0.4, 0.5) is 11.6 Å². The van der Waals surface area contributed by atoms with E-state index in [0.717, 1.165) is 55.8 Å². The van der Waals surface area contributed by atoms with Gasteiger partial charge in [-0.1, -0.05) is 24.3 Å². The number of carbonyl (C=O) groups excluding carboxylic acids is 1. The van der Waals surface area contributed by atoms with Crippen LogP contribution < -0.4 is 16.0 Å². The SMILES string of the molecule is CN(C)[C@@H]1CCN(C2=CCC(C)(Nc3nccc(-c4ccc(NC(=O)[C@H]5CCCN5)cc4)n3)C=C2)C1. The van der Waals surface area contributed by atoms with Gasteiger partial charge in [0.05, 0.1) is 17.3 Å². The van der Waals surface area contributed by atoms with Crippen molar-refractivity contribution in [3.8, 4) is 11.3 Å². The maximum Gasteiger partial charge on any atom is 0.241 e. The van der Waals surface area contributed by atoms with Crippen LogP contribution in [0.1, 0.15) is 32.6 Å². The topological polar surface area (TPSA) is 85.4 Å². The fourth-order valence-electron chi connectivity index (χ4n) is 5.14. The number of allylic oxidation sites excluding steroid dienone is 1. The Morgan fingerprint density at radius 2 is 2.03 bits per heavy atom. The number of hydrogen-bond acceptors (Lipinski definition) is 7. The first kappa shape index (κ1) is 24.5. The number of likely N-dealkylation sites (N-methyl/N-ethyl adjacent to an activating group) is 1. The van der Waals surface area contributed by atoms with Crippen molar-refractivity contribution < 1.29 is 4.79 Å². The highest BCUT2D eigenvalue weighted by Crippen LogP contribution is 2.29. The average Bonchev–Trinajstić information content (AvgIpc) is 3.58. The Bertz CT molecular complexity index is 1140. The molecule has 36 heavy (non-hydrogen) atoms. The summed E-state index contributed by atoms with van der Waals surface area (Å²) in [6, 6.07) is 10.3. The van der Waals surface area contributed by atoms with Gasteiger partial charge in [-0.2, -0.15) is 0 Å². The molecular weight excluding hydrogens is 450 g/mol. The summed E-state index contributed by atoms with van der Waals surface area (Å²) in [5, 5.41) is 9.76. The number of likely N-dealkylation sites (tertiary alicyclic amines) is 1. The molecule has 3 atom stereocenters. The molecule has 8 heteroatoms. The second-order valence-corrected chi connectivity index (χ2v) is 10.5. The molecule has 3 heterocycles. The Kier molecular flexibility index (Phi) is 7.07. The van der Waals surface area contributed by atoms with Crippen molar-refractivity contribution in [3.05, 3.63) is 60.5 Å². The lowest BCUT2D eigenvalue weighted by atomic mass is 9.92. The zero-order valence-electron chi connectivity index (χ0n) is 21.5. The molecule has 3 aliphatic rings. The molecule has 0 saturated carbocycles. The molecule has 1 amide bonds. The maximum atomic E-state index is 12.4. The van der Waals surface area contributed by atoms with Crippen LogP contribution in [0.2, 0.25) is 0 Å². The minimum Gasteiger partial charge on any atom is -0.370 e. The molecule has 2 aliphatic heterocycles. The number of amides is 1. The normalized spacial score (nSPS) is 25.8. The van der Waals surface area contributed by atoms with Crippen LogP contribution in [-0.2, 0) is 4.79 Å². The quantitative estimate of drug-likeness (QED) is 0.551. The van der Waals surface area contributed by atoms with E-state index in [-0.39, 0.29) is 17.5 Å². The fourth-order valence-corrected chi connectivity index (χ4v) is 5.14. The van der Waals surface area contributed by atoms with Gasteiger partial charge in [0.15, 0.2) is 0 Å². The van der Waals surface area contributed by atoms with E-state index in [1.54, 1.807) is 6.20 Å². The van der Waals surface area contributed by atoms with E-state index in [4.69, 9.17) is 4.98 Å². The summed E-state index contributed by atoms with van der Waals surface area (Å²) >= 11 is 0. The molecule has 0 radical (unpaired) electrons. The summed E-state index contributed by atoms with van der Waals surface area (Å²) in [4.78, 5) is 26.4. The van der Waals surface area contributed by atoms with E-state index >= 15 is 0 Å². The number of aromatic nitrogens is 2. The number of rotatable bonds is 7. The van der Waals surface area contributed by atoms with Crippen LogP contribution in [0, 0.1) is 0 Å². The van der Waals surface area contributed by atoms with E-state index in [0.29, 0.717) is 12.0 Å². The first-order valence-electron chi connectivity index (χ1n) is 13.0. The van der Waals surface area contributed by atoms with Gasteiger partial charge in [-0.3, -0.25) is 4.79 Å². The van der Waals surface area contributed by atoms with E-state index in [2.05, 4.69) is 70.0 Å². The lowest BCUT2D eigenvalue weighted by Gasteiger charge is -2.32. The lowest BCUT2D eigenvalue weighted by molar-refractivity contribution is -0.117. The second kappa shape index (κ2) is 10.4. The van der Waals surface area contributed by atoms with Crippen molar-refractivity contribution in [1.29, 1.82) is 0 Å². The Hall–Kier alpha value is -3.23. The van der Waals surface area contributed by atoms with Gasteiger partial charge < -0.3 is 25.8 Å². The smallest absolute Gasteiger partial charge is 0.241 e. The number of anilines is 2. The summed E-state index contributed by atoms with van der Waals surface area (Å²) in [6.45, 7) is 5.27. The van der Waals surface area contributed by atoms with Gasteiger partial charge in [0, 0.05) is 42.3 Å². The molecule has 1 aromatic carbocycles. The van der Waals surface area contributed by atoms with Gasteiger partial charge in [-0.15, -0.1) is 0 Å². The molecule has 3 N–H and O–H groups in total. The van der Waals surface area contributed by atoms with Crippen molar-refractivity contribution in [1.82, 2.24) is 25.1 Å². The summed E-state index contributed by atoms with van der Waals surface area (Å²) in [7, 11) is 4.32. The standard InChI is InChI=1S/C28H37N7O/c1-28(14-10-22(11-15-28)35-18-13-23(19-35)34(2)3)33-27-30-17-12-24(32-27)20-6-8-21(9-7-20)31-26(36)25-5-4-16-29-25/h6-12,14,17,23,25,29H,4-5,13,15-16,18-19H2,1-3H3,(H,31,36)(H,30,32,33)/t23-,25-,28?/m1/s1. The Balaban J connectivity index is 1.20. The number of carbonyl (C=O) groups is 1. The molecular formula is C28H37N7O. The van der Waals surface area contributed by atoms with Crippen molar-refractivity contribution in [2.75, 3.05) is 44.4 Å². The molecule has 1 unspecified atom stereocenters. The highest BCUT2D eigenvalue weighted by atomic mass is 16.2. The van der Waals surface area contributed by atoms with E-state index < -0.39 is 0 Å². The molecule has 2 fully saturated rings. The number of nitrogens with one attached hydrogen (secondary N) is 3. The molecule has 2 saturated heterocycles. The Labute approximate surface area is 213 Å². The third-order valence-corrected chi connectivity index (χ3v) is 7.49. The van der Waals surface area contributed by atoms with Crippen molar-refractivity contribution in [2.24, 2.45) is 0 Å². The van der Waals surface area contributed by atoms with Crippen LogP contribution in [-0.4, -0.2) is 77.0 Å². The number of nitrogens with zero attached hydrogens (tertiary/aromatic N) is 4. The predicted molar refractivity (Wildman–Crippen MR) is 145 cm³/mol. The first-order chi connectivity index (χ1) is 17.4. The van der Waals surface area contributed by atoms with Crippen molar-refractivity contribution in [3.63, 3.8) is 0 Å². The van der Waals surface area contributed by atoms with Crippen LogP contribution in [0.5, 0.6) is 0 Å². The second-order valence-electron chi connectivity index (χ2n) is 10.5. The molecule has 5 rings (SSSR count). The highest BCUT2D eigenvalue weighted by Gasteiger charge is 2.29. The van der Waals surface area contributed by atoms with Gasteiger partial charge in [-0.25, -0.2) is 9.97 Å². The summed E-state index contributed by atoms with van der Waals surface area (Å²) in [5.41, 5.74) is 3.68. The van der Waals surface area contributed by atoms with Crippen LogP contribution in [0.15, 0.2) is 60.5 Å². The van der Waals surface area contributed by atoms with E-state index in [9.17, 15) is 4.79 Å². The first-order valence-corrected chi connectivity index (χ1v) is 13.0. The summed E-state index contributed by atoms with van der Waals surface area (Å²) in [5.74, 6) is 0.636. The highest BCUT2D eigenvalue weighted by molar-refractivity contribution is 5.95. The molecule has 1 aromatic heterocycles. The minimum absolute atomic E-state index is 0.0296. The molecule has 8 nitrogen and oxygen atoms in total. The van der Waals surface area contributed by atoms with Crippen molar-refractivity contribution in [2.45, 2.75) is 50.2 Å². The molecule has 0 spiro atoms.